The molecule has 2 rings (SSSR count). The summed E-state index contributed by atoms with van der Waals surface area (Å²) in [6, 6.07) is 7.84. The molecule has 1 amide bonds. The van der Waals surface area contributed by atoms with E-state index in [2.05, 4.69) is 26.6 Å². The van der Waals surface area contributed by atoms with E-state index in [0.29, 0.717) is 12.1 Å². The van der Waals surface area contributed by atoms with Crippen molar-refractivity contribution in [3.05, 3.63) is 46.3 Å². The van der Waals surface area contributed by atoms with Crippen molar-refractivity contribution < 1.29 is 4.79 Å². The smallest absolute Gasteiger partial charge is 0.251 e. The van der Waals surface area contributed by atoms with Gasteiger partial charge in [-0.3, -0.25) is 4.79 Å². The number of nitrogens with zero attached hydrogens (tertiary/aromatic N) is 3. The summed E-state index contributed by atoms with van der Waals surface area (Å²) in [7, 11) is 7.85. The Labute approximate surface area is 135 Å². The zero-order valence-electron chi connectivity index (χ0n) is 13.4. The van der Waals surface area contributed by atoms with Gasteiger partial charge in [-0.2, -0.15) is 0 Å². The average Bonchev–Trinajstić information content (AvgIpc) is 3.01. The molecule has 0 fully saturated rings. The van der Waals surface area contributed by atoms with Crippen molar-refractivity contribution in [2.24, 2.45) is 0 Å². The predicted octanol–water partition coefficient (Wildman–Crippen LogP) is 2.24. The summed E-state index contributed by atoms with van der Waals surface area (Å²) in [5.41, 5.74) is 0.627. The van der Waals surface area contributed by atoms with Gasteiger partial charge in [0.25, 0.3) is 5.91 Å². The van der Waals surface area contributed by atoms with Gasteiger partial charge in [-0.1, -0.05) is 6.07 Å². The number of hydrogen-bond donors (Lipinski definition) is 1. The lowest BCUT2D eigenvalue weighted by molar-refractivity contribution is 0.0942. The van der Waals surface area contributed by atoms with Crippen LogP contribution < -0.4 is 10.2 Å². The van der Waals surface area contributed by atoms with Crippen molar-refractivity contribution >= 4 is 23.1 Å². The highest BCUT2D eigenvalue weighted by molar-refractivity contribution is 7.10. The molecule has 0 aliphatic heterocycles. The van der Waals surface area contributed by atoms with Crippen LogP contribution in [0.4, 0.5) is 5.82 Å². The van der Waals surface area contributed by atoms with Crippen molar-refractivity contribution in [3.63, 3.8) is 0 Å². The van der Waals surface area contributed by atoms with Gasteiger partial charge in [0.1, 0.15) is 5.82 Å². The van der Waals surface area contributed by atoms with Gasteiger partial charge < -0.3 is 15.1 Å². The normalized spacial score (nSPS) is 12.2. The summed E-state index contributed by atoms with van der Waals surface area (Å²) in [5, 5.41) is 5.07. The van der Waals surface area contributed by atoms with Crippen LogP contribution in [0.15, 0.2) is 35.8 Å². The number of amides is 1. The van der Waals surface area contributed by atoms with Gasteiger partial charge >= 0.3 is 0 Å². The molecule has 5 nitrogen and oxygen atoms in total. The third-order valence-corrected chi connectivity index (χ3v) is 4.39. The number of hydrogen-bond acceptors (Lipinski definition) is 5. The first-order valence-electron chi connectivity index (χ1n) is 7.10. The van der Waals surface area contributed by atoms with Crippen LogP contribution in [0, 0.1) is 0 Å². The minimum absolute atomic E-state index is 0.0751. The molecule has 2 aromatic heterocycles. The largest absolute Gasteiger partial charge is 0.363 e. The molecule has 22 heavy (non-hydrogen) atoms. The Bertz CT molecular complexity index is 610. The zero-order chi connectivity index (χ0) is 16.1. The molecule has 1 unspecified atom stereocenters. The minimum Gasteiger partial charge on any atom is -0.363 e. The third-order valence-electron chi connectivity index (χ3n) is 3.42. The molecule has 0 saturated carbocycles. The van der Waals surface area contributed by atoms with Gasteiger partial charge in [0.05, 0.1) is 6.04 Å². The first-order chi connectivity index (χ1) is 10.5. The fourth-order valence-corrected chi connectivity index (χ4v) is 3.04. The van der Waals surface area contributed by atoms with Crippen LogP contribution in [0.2, 0.25) is 0 Å². The molecule has 1 atom stereocenters. The zero-order valence-corrected chi connectivity index (χ0v) is 14.2. The molecule has 6 heteroatoms. The second-order valence-electron chi connectivity index (χ2n) is 5.50. The van der Waals surface area contributed by atoms with E-state index in [1.807, 2.05) is 39.2 Å². The second kappa shape index (κ2) is 7.38. The van der Waals surface area contributed by atoms with E-state index in [1.54, 1.807) is 29.7 Å². The summed E-state index contributed by atoms with van der Waals surface area (Å²) >= 11 is 1.70. The Kier molecular flexibility index (Phi) is 5.51. The molecule has 0 aliphatic rings. The molecule has 1 N–H and O–H groups in total. The molecule has 2 heterocycles. The average molecular weight is 318 g/mol. The number of carbonyl (C=O) groups is 1. The maximum absolute atomic E-state index is 12.3. The molecular weight excluding hydrogens is 296 g/mol. The number of pyridine rings is 1. The number of aromatic nitrogens is 1. The Morgan fingerprint density at radius 2 is 2.09 bits per heavy atom. The Morgan fingerprint density at radius 1 is 1.32 bits per heavy atom. The number of likely N-dealkylation sites (N-methyl/N-ethyl adjacent to an activating group) is 1. The topological polar surface area (TPSA) is 48.5 Å². The van der Waals surface area contributed by atoms with Gasteiger partial charge in [-0.25, -0.2) is 4.98 Å². The van der Waals surface area contributed by atoms with Crippen molar-refractivity contribution in [2.45, 2.75) is 6.04 Å². The second-order valence-corrected chi connectivity index (χ2v) is 6.48. The van der Waals surface area contributed by atoms with E-state index in [9.17, 15) is 4.79 Å². The molecule has 0 saturated heterocycles. The van der Waals surface area contributed by atoms with E-state index in [0.717, 1.165) is 5.82 Å². The number of anilines is 1. The molecule has 0 radical (unpaired) electrons. The summed E-state index contributed by atoms with van der Waals surface area (Å²) < 4.78 is 0. The summed E-state index contributed by atoms with van der Waals surface area (Å²) in [6.45, 7) is 0.575. The minimum atomic E-state index is -0.0751. The van der Waals surface area contributed by atoms with Crippen LogP contribution in [0.1, 0.15) is 21.3 Å². The molecule has 118 valence electrons. The Balaban J connectivity index is 2.04. The van der Waals surface area contributed by atoms with E-state index >= 15 is 0 Å². The highest BCUT2D eigenvalue weighted by Gasteiger charge is 2.17. The standard InChI is InChI=1S/C16H22N4OS/c1-19(2)13(14-6-5-9-22-14)11-18-16(21)12-7-8-17-15(10-12)20(3)4/h5-10,13H,11H2,1-4H3,(H,18,21). The lowest BCUT2D eigenvalue weighted by Crippen LogP contribution is -2.34. The molecular formula is C16H22N4OS. The maximum atomic E-state index is 12.3. The Morgan fingerprint density at radius 3 is 2.68 bits per heavy atom. The van der Waals surface area contributed by atoms with Crippen LogP contribution in [-0.4, -0.2) is 50.5 Å². The Hall–Kier alpha value is -1.92. The lowest BCUT2D eigenvalue weighted by Gasteiger charge is -2.23. The summed E-state index contributed by atoms with van der Waals surface area (Å²) in [6.07, 6.45) is 1.66. The summed E-state index contributed by atoms with van der Waals surface area (Å²) in [4.78, 5) is 21.8. The van der Waals surface area contributed by atoms with E-state index in [-0.39, 0.29) is 11.9 Å². The van der Waals surface area contributed by atoms with E-state index in [1.165, 1.54) is 4.88 Å². The van der Waals surface area contributed by atoms with Gasteiger partial charge in [0.15, 0.2) is 0 Å². The predicted molar refractivity (Wildman–Crippen MR) is 91.6 cm³/mol. The number of rotatable bonds is 6. The fraction of sp³-hybridized carbons (Fsp3) is 0.375. The molecule has 0 aromatic carbocycles. The number of thiophene rings is 1. The van der Waals surface area contributed by atoms with Crippen LogP contribution in [0.5, 0.6) is 0 Å². The molecule has 0 bridgehead atoms. The molecule has 0 aliphatic carbocycles. The van der Waals surface area contributed by atoms with Gasteiger partial charge in [0, 0.05) is 37.3 Å². The van der Waals surface area contributed by atoms with Crippen LogP contribution in [0.3, 0.4) is 0 Å². The quantitative estimate of drug-likeness (QED) is 0.887. The van der Waals surface area contributed by atoms with Crippen LogP contribution in [-0.2, 0) is 0 Å². The third kappa shape index (κ3) is 4.05. The van der Waals surface area contributed by atoms with Gasteiger partial charge in [0.2, 0.25) is 0 Å². The number of nitrogens with one attached hydrogen (secondary N) is 1. The fourth-order valence-electron chi connectivity index (χ4n) is 2.11. The maximum Gasteiger partial charge on any atom is 0.251 e. The lowest BCUT2D eigenvalue weighted by atomic mass is 10.2. The first kappa shape index (κ1) is 16.5. The number of carbonyl (C=O) groups excluding carboxylic acids is 1. The van der Waals surface area contributed by atoms with Crippen molar-refractivity contribution in [1.82, 2.24) is 15.2 Å². The highest BCUT2D eigenvalue weighted by Crippen LogP contribution is 2.22. The van der Waals surface area contributed by atoms with Crippen LogP contribution >= 0.6 is 11.3 Å². The van der Waals surface area contributed by atoms with Gasteiger partial charge in [-0.05, 0) is 37.7 Å². The van der Waals surface area contributed by atoms with Crippen molar-refractivity contribution in [1.29, 1.82) is 0 Å². The SMILES string of the molecule is CN(C)c1cc(C(=O)NCC(c2cccs2)N(C)C)ccn1. The van der Waals surface area contributed by atoms with Crippen molar-refractivity contribution in [2.75, 3.05) is 39.6 Å². The molecule has 0 spiro atoms. The van der Waals surface area contributed by atoms with Crippen LogP contribution in [0.25, 0.3) is 0 Å². The van der Waals surface area contributed by atoms with E-state index in [4.69, 9.17) is 0 Å². The molecule has 2 aromatic rings. The van der Waals surface area contributed by atoms with Gasteiger partial charge in [-0.15, -0.1) is 11.3 Å². The summed E-state index contributed by atoms with van der Waals surface area (Å²) in [5.74, 6) is 0.698. The highest BCUT2D eigenvalue weighted by atomic mass is 32.1. The first-order valence-corrected chi connectivity index (χ1v) is 7.98. The van der Waals surface area contributed by atoms with Crippen molar-refractivity contribution in [3.8, 4) is 0 Å². The monoisotopic (exact) mass is 318 g/mol. The van der Waals surface area contributed by atoms with E-state index < -0.39 is 0 Å².